The minimum atomic E-state index is -0.480. The Kier molecular flexibility index (Phi) is 5.26. The van der Waals surface area contributed by atoms with Crippen LogP contribution in [0.3, 0.4) is 0 Å². The second-order valence-electron chi connectivity index (χ2n) is 7.82. The van der Waals surface area contributed by atoms with E-state index >= 15 is 0 Å². The number of nitrogens with zero attached hydrogens (tertiary/aromatic N) is 2. The molecule has 5 rings (SSSR count). The van der Waals surface area contributed by atoms with Gasteiger partial charge in [0, 0.05) is 42.2 Å². The van der Waals surface area contributed by atoms with Crippen LogP contribution in [0.4, 0.5) is 15.2 Å². The number of aromatic nitrogens is 1. The van der Waals surface area contributed by atoms with Gasteiger partial charge >= 0.3 is 0 Å². The first-order valence-electron chi connectivity index (χ1n) is 10.2. The average Bonchev–Trinajstić information content (AvgIpc) is 3.50. The molecule has 164 valence electrons. The zero-order chi connectivity index (χ0) is 22.2. The van der Waals surface area contributed by atoms with Crippen molar-refractivity contribution in [3.05, 3.63) is 64.4 Å². The van der Waals surface area contributed by atoms with Crippen molar-refractivity contribution in [3.63, 3.8) is 0 Å². The molecule has 1 unspecified atom stereocenters. The summed E-state index contributed by atoms with van der Waals surface area (Å²) in [6.45, 7) is 2.17. The summed E-state index contributed by atoms with van der Waals surface area (Å²) in [5.74, 6) is 0.147. The number of hydrogen-bond donors (Lipinski definition) is 1. The number of fused-ring (bicyclic) bond motifs is 1. The van der Waals surface area contributed by atoms with Crippen LogP contribution in [0.15, 0.2) is 42.6 Å². The van der Waals surface area contributed by atoms with Gasteiger partial charge in [-0.05, 0) is 36.2 Å². The number of ether oxygens (including phenoxy) is 2. The van der Waals surface area contributed by atoms with Crippen molar-refractivity contribution >= 4 is 34.0 Å². The molecule has 1 fully saturated rings. The lowest BCUT2D eigenvalue weighted by Crippen LogP contribution is -2.28. The number of carbonyl (C=O) groups is 2. The molecule has 1 aromatic heterocycles. The zero-order valence-corrected chi connectivity index (χ0v) is 18.1. The van der Waals surface area contributed by atoms with Crippen LogP contribution in [0.25, 0.3) is 0 Å². The minimum absolute atomic E-state index is 0.120. The summed E-state index contributed by atoms with van der Waals surface area (Å²) in [4.78, 5) is 32.0. The first-order chi connectivity index (χ1) is 15.5. The summed E-state index contributed by atoms with van der Waals surface area (Å²) < 4.78 is 24.5. The SMILES string of the molecule is Cc1ccc(Cc2cnc(NC(=O)C3CC(=O)N(c4ccc5c(c4)OCO5)C3)s2)cc1F. The third-order valence-electron chi connectivity index (χ3n) is 5.56. The van der Waals surface area contributed by atoms with Crippen LogP contribution < -0.4 is 19.7 Å². The molecule has 2 aromatic carbocycles. The van der Waals surface area contributed by atoms with Gasteiger partial charge in [-0.3, -0.25) is 9.59 Å². The third kappa shape index (κ3) is 4.03. The third-order valence-corrected chi connectivity index (χ3v) is 6.47. The Labute approximate surface area is 187 Å². The lowest BCUT2D eigenvalue weighted by Gasteiger charge is -2.17. The van der Waals surface area contributed by atoms with E-state index in [0.717, 1.165) is 10.4 Å². The second kappa shape index (κ2) is 8.23. The number of thiazole rings is 1. The monoisotopic (exact) mass is 453 g/mol. The number of anilines is 2. The molecule has 2 aliphatic heterocycles. The molecule has 0 spiro atoms. The molecule has 0 radical (unpaired) electrons. The number of hydrogen-bond acceptors (Lipinski definition) is 6. The fourth-order valence-corrected chi connectivity index (χ4v) is 4.64. The van der Waals surface area contributed by atoms with Crippen molar-refractivity contribution in [3.8, 4) is 11.5 Å². The molecular weight excluding hydrogens is 433 g/mol. The smallest absolute Gasteiger partial charge is 0.231 e. The maximum atomic E-state index is 13.8. The number of carbonyl (C=O) groups excluding carboxylic acids is 2. The highest BCUT2D eigenvalue weighted by Crippen LogP contribution is 2.37. The maximum Gasteiger partial charge on any atom is 0.231 e. The maximum absolute atomic E-state index is 13.8. The molecule has 2 aliphatic rings. The van der Waals surface area contributed by atoms with Crippen molar-refractivity contribution in [2.75, 3.05) is 23.6 Å². The van der Waals surface area contributed by atoms with E-state index in [1.54, 1.807) is 42.3 Å². The van der Waals surface area contributed by atoms with E-state index in [0.29, 0.717) is 34.3 Å². The highest BCUT2D eigenvalue weighted by molar-refractivity contribution is 7.15. The van der Waals surface area contributed by atoms with Crippen LogP contribution in [-0.2, 0) is 16.0 Å². The normalized spacial score (nSPS) is 17.1. The van der Waals surface area contributed by atoms with Crippen LogP contribution in [0.1, 0.15) is 22.4 Å². The van der Waals surface area contributed by atoms with E-state index < -0.39 is 5.92 Å². The van der Waals surface area contributed by atoms with Crippen LogP contribution in [0.5, 0.6) is 11.5 Å². The standard InChI is InChI=1S/C23H20FN3O4S/c1-13-2-3-14(7-18(13)24)6-17-10-25-23(32-17)26-22(29)15-8-21(28)27(11-15)16-4-5-19-20(9-16)31-12-30-19/h2-5,7,9-10,15H,6,8,11-12H2,1H3,(H,25,26,29). The number of aryl methyl sites for hydroxylation is 1. The van der Waals surface area contributed by atoms with Gasteiger partial charge in [-0.1, -0.05) is 12.1 Å². The van der Waals surface area contributed by atoms with Gasteiger partial charge in [0.25, 0.3) is 0 Å². The predicted molar refractivity (Wildman–Crippen MR) is 118 cm³/mol. The Morgan fingerprint density at radius 1 is 1.25 bits per heavy atom. The number of nitrogens with one attached hydrogen (secondary N) is 1. The van der Waals surface area contributed by atoms with E-state index in [-0.39, 0.29) is 37.4 Å². The van der Waals surface area contributed by atoms with Crippen LogP contribution in [0, 0.1) is 18.7 Å². The quantitative estimate of drug-likeness (QED) is 0.634. The van der Waals surface area contributed by atoms with E-state index in [1.165, 1.54) is 17.4 Å². The Morgan fingerprint density at radius 2 is 2.09 bits per heavy atom. The molecule has 0 bridgehead atoms. The highest BCUT2D eigenvalue weighted by Gasteiger charge is 2.36. The van der Waals surface area contributed by atoms with Crippen molar-refractivity contribution in [1.29, 1.82) is 0 Å². The van der Waals surface area contributed by atoms with E-state index in [2.05, 4.69) is 10.3 Å². The molecule has 1 atom stereocenters. The van der Waals surface area contributed by atoms with Gasteiger partial charge in [0.05, 0.1) is 5.92 Å². The molecular formula is C23H20FN3O4S. The molecule has 7 nitrogen and oxygen atoms in total. The van der Waals surface area contributed by atoms with Crippen LogP contribution >= 0.6 is 11.3 Å². The zero-order valence-electron chi connectivity index (χ0n) is 17.3. The molecule has 1 N–H and O–H groups in total. The van der Waals surface area contributed by atoms with Gasteiger partial charge in [-0.2, -0.15) is 0 Å². The summed E-state index contributed by atoms with van der Waals surface area (Å²) in [6, 6.07) is 10.4. The number of amides is 2. The van der Waals surface area contributed by atoms with Gasteiger partial charge in [0.15, 0.2) is 16.6 Å². The number of rotatable bonds is 5. The lowest BCUT2D eigenvalue weighted by molar-refractivity contribution is -0.122. The van der Waals surface area contributed by atoms with E-state index in [1.807, 2.05) is 6.07 Å². The van der Waals surface area contributed by atoms with Crippen LogP contribution in [-0.4, -0.2) is 30.1 Å². The Morgan fingerprint density at radius 3 is 2.94 bits per heavy atom. The minimum Gasteiger partial charge on any atom is -0.454 e. The Hall–Kier alpha value is -3.46. The molecule has 0 aliphatic carbocycles. The predicted octanol–water partition coefficient (Wildman–Crippen LogP) is 3.90. The first-order valence-corrected chi connectivity index (χ1v) is 11.0. The first kappa shape index (κ1) is 20.4. The van der Waals surface area contributed by atoms with Gasteiger partial charge in [0.2, 0.25) is 18.6 Å². The van der Waals surface area contributed by atoms with E-state index in [4.69, 9.17) is 9.47 Å². The van der Waals surface area contributed by atoms with Gasteiger partial charge in [-0.25, -0.2) is 9.37 Å². The number of halogens is 1. The molecule has 3 aromatic rings. The summed E-state index contributed by atoms with van der Waals surface area (Å²) in [6.07, 6.45) is 2.34. The molecule has 3 heterocycles. The summed E-state index contributed by atoms with van der Waals surface area (Å²) in [5, 5.41) is 3.28. The summed E-state index contributed by atoms with van der Waals surface area (Å²) in [5.41, 5.74) is 2.12. The Balaban J connectivity index is 1.22. The molecule has 9 heteroatoms. The number of benzene rings is 2. The molecule has 2 amide bonds. The topological polar surface area (TPSA) is 80.8 Å². The van der Waals surface area contributed by atoms with Crippen molar-refractivity contribution < 1.29 is 23.5 Å². The molecule has 1 saturated heterocycles. The highest BCUT2D eigenvalue weighted by atomic mass is 32.1. The molecule has 0 saturated carbocycles. The lowest BCUT2D eigenvalue weighted by atomic mass is 10.1. The summed E-state index contributed by atoms with van der Waals surface area (Å²) >= 11 is 1.34. The van der Waals surface area contributed by atoms with Gasteiger partial charge in [0.1, 0.15) is 5.82 Å². The molecule has 32 heavy (non-hydrogen) atoms. The average molecular weight is 453 g/mol. The fraction of sp³-hybridized carbons (Fsp3) is 0.261. The van der Waals surface area contributed by atoms with Crippen molar-refractivity contribution in [2.45, 2.75) is 19.8 Å². The second-order valence-corrected chi connectivity index (χ2v) is 8.94. The van der Waals surface area contributed by atoms with Crippen molar-refractivity contribution in [2.24, 2.45) is 5.92 Å². The van der Waals surface area contributed by atoms with Crippen LogP contribution in [0.2, 0.25) is 0 Å². The van der Waals surface area contributed by atoms with Gasteiger partial charge < -0.3 is 19.7 Å². The summed E-state index contributed by atoms with van der Waals surface area (Å²) in [7, 11) is 0. The Bertz CT molecular complexity index is 1210. The van der Waals surface area contributed by atoms with E-state index in [9.17, 15) is 14.0 Å². The fourth-order valence-electron chi connectivity index (χ4n) is 3.79. The van der Waals surface area contributed by atoms with Crippen molar-refractivity contribution in [1.82, 2.24) is 4.98 Å². The largest absolute Gasteiger partial charge is 0.454 e. The van der Waals surface area contributed by atoms with Gasteiger partial charge in [-0.15, -0.1) is 11.3 Å².